The average molecular weight is 250 g/mol. The molecule has 0 aliphatic rings. The van der Waals surface area contributed by atoms with Crippen LogP contribution in [0, 0.1) is 11.2 Å². The Morgan fingerprint density at radius 3 is 2.67 bits per heavy atom. The minimum Gasteiger partial charge on any atom is -0.456 e. The van der Waals surface area contributed by atoms with Gasteiger partial charge in [-0.2, -0.15) is 0 Å². The second-order valence-electron chi connectivity index (χ2n) is 5.79. The fourth-order valence-corrected chi connectivity index (χ4v) is 2.07. The van der Waals surface area contributed by atoms with Crippen molar-refractivity contribution in [2.75, 3.05) is 0 Å². The summed E-state index contributed by atoms with van der Waals surface area (Å²) in [6.07, 6.45) is 0.810. The molecule has 0 aliphatic carbocycles. The third-order valence-electron chi connectivity index (χ3n) is 2.88. The van der Waals surface area contributed by atoms with Crippen LogP contribution in [0.3, 0.4) is 0 Å². The quantitative estimate of drug-likeness (QED) is 0.647. The van der Waals surface area contributed by atoms with Crippen LogP contribution in [0.15, 0.2) is 28.7 Å². The van der Waals surface area contributed by atoms with Crippen molar-refractivity contribution in [2.45, 2.75) is 33.2 Å². The fraction of sp³-hybridized carbons (Fsp3) is 0.429. The molecular weight excluding hydrogens is 231 g/mol. The lowest BCUT2D eigenvalue weighted by Crippen LogP contribution is -2.30. The van der Waals surface area contributed by atoms with Gasteiger partial charge in [0.25, 0.3) is 0 Å². The molecule has 0 amide bonds. The van der Waals surface area contributed by atoms with Gasteiger partial charge in [0.2, 0.25) is 0 Å². The highest BCUT2D eigenvalue weighted by Crippen LogP contribution is 2.32. The van der Waals surface area contributed by atoms with E-state index in [9.17, 15) is 4.39 Å². The van der Waals surface area contributed by atoms with Gasteiger partial charge < -0.3 is 4.42 Å². The largest absolute Gasteiger partial charge is 0.456 e. The molecular formula is C14H19FN2O. The maximum Gasteiger partial charge on any atom is 0.169 e. The minimum atomic E-state index is -0.342. The van der Waals surface area contributed by atoms with E-state index in [1.165, 1.54) is 6.07 Å². The van der Waals surface area contributed by atoms with Crippen molar-refractivity contribution in [3.8, 4) is 0 Å². The molecule has 3 nitrogen and oxygen atoms in total. The van der Waals surface area contributed by atoms with Gasteiger partial charge in [0, 0.05) is 5.39 Å². The summed E-state index contributed by atoms with van der Waals surface area (Å²) < 4.78 is 19.1. The van der Waals surface area contributed by atoms with Gasteiger partial charge in [-0.05, 0) is 24.0 Å². The van der Waals surface area contributed by atoms with E-state index >= 15 is 0 Å². The van der Waals surface area contributed by atoms with Gasteiger partial charge in [-0.25, -0.2) is 9.82 Å². The molecule has 0 radical (unpaired) electrons. The van der Waals surface area contributed by atoms with E-state index in [0.717, 1.165) is 11.8 Å². The van der Waals surface area contributed by atoms with E-state index in [-0.39, 0.29) is 17.3 Å². The van der Waals surface area contributed by atoms with Gasteiger partial charge in [-0.3, -0.25) is 5.84 Å². The van der Waals surface area contributed by atoms with Crippen LogP contribution in [0.25, 0.3) is 11.0 Å². The first-order chi connectivity index (χ1) is 8.40. The van der Waals surface area contributed by atoms with Gasteiger partial charge in [0.1, 0.15) is 5.76 Å². The molecule has 2 rings (SSSR count). The van der Waals surface area contributed by atoms with Crippen molar-refractivity contribution < 1.29 is 8.81 Å². The number of hydrogen-bond donors (Lipinski definition) is 2. The number of halogens is 1. The maximum atomic E-state index is 13.6. The molecule has 1 atom stereocenters. The summed E-state index contributed by atoms with van der Waals surface area (Å²) in [4.78, 5) is 0. The Bertz CT molecular complexity index is 542. The molecule has 18 heavy (non-hydrogen) atoms. The van der Waals surface area contributed by atoms with Crippen molar-refractivity contribution in [1.82, 2.24) is 5.43 Å². The number of furan rings is 1. The van der Waals surface area contributed by atoms with Gasteiger partial charge >= 0.3 is 0 Å². The molecule has 4 heteroatoms. The predicted octanol–water partition coefficient (Wildman–Crippen LogP) is 3.51. The normalized spacial score (nSPS) is 14.1. The molecule has 0 spiro atoms. The summed E-state index contributed by atoms with van der Waals surface area (Å²) in [5.74, 6) is 5.90. The predicted molar refractivity (Wildman–Crippen MR) is 70.3 cm³/mol. The van der Waals surface area contributed by atoms with Gasteiger partial charge in [0.05, 0.1) is 6.04 Å². The molecule has 1 unspecified atom stereocenters. The number of nitrogens with one attached hydrogen (secondary N) is 1. The van der Waals surface area contributed by atoms with E-state index in [1.54, 1.807) is 6.07 Å². The van der Waals surface area contributed by atoms with Crippen molar-refractivity contribution in [2.24, 2.45) is 11.3 Å². The average Bonchev–Trinajstić information content (AvgIpc) is 2.70. The number of benzene rings is 1. The Hall–Kier alpha value is -1.39. The first kappa shape index (κ1) is 13.1. The van der Waals surface area contributed by atoms with E-state index in [2.05, 4.69) is 26.2 Å². The van der Waals surface area contributed by atoms with E-state index in [0.29, 0.717) is 11.3 Å². The van der Waals surface area contributed by atoms with Crippen molar-refractivity contribution in [3.05, 3.63) is 35.8 Å². The van der Waals surface area contributed by atoms with E-state index in [4.69, 9.17) is 10.3 Å². The summed E-state index contributed by atoms with van der Waals surface area (Å²) in [5.41, 5.74) is 3.14. The Labute approximate surface area is 106 Å². The highest BCUT2D eigenvalue weighted by Gasteiger charge is 2.22. The third-order valence-corrected chi connectivity index (χ3v) is 2.88. The van der Waals surface area contributed by atoms with Crippen LogP contribution in [0.1, 0.15) is 39.0 Å². The summed E-state index contributed by atoms with van der Waals surface area (Å²) in [7, 11) is 0. The molecule has 0 fully saturated rings. The van der Waals surface area contributed by atoms with Crippen LogP contribution in [0.5, 0.6) is 0 Å². The Morgan fingerprint density at radius 1 is 1.39 bits per heavy atom. The summed E-state index contributed by atoms with van der Waals surface area (Å²) in [6.45, 7) is 6.38. The Kier molecular flexibility index (Phi) is 3.41. The third kappa shape index (κ3) is 2.71. The van der Waals surface area contributed by atoms with Crippen LogP contribution >= 0.6 is 0 Å². The SMILES string of the molecule is CC(C)(C)CC(NN)c1cc2cccc(F)c2o1. The van der Waals surface area contributed by atoms with E-state index in [1.807, 2.05) is 12.1 Å². The number of fused-ring (bicyclic) bond motifs is 1. The number of hydrogen-bond acceptors (Lipinski definition) is 3. The molecule has 0 bridgehead atoms. The second-order valence-corrected chi connectivity index (χ2v) is 5.79. The molecule has 1 heterocycles. The van der Waals surface area contributed by atoms with Crippen molar-refractivity contribution in [1.29, 1.82) is 0 Å². The standard InChI is InChI=1S/C14H19FN2O/c1-14(2,3)8-11(17-16)12-7-9-5-4-6-10(15)13(9)18-12/h4-7,11,17H,8,16H2,1-3H3. The Morgan fingerprint density at radius 2 is 2.11 bits per heavy atom. The molecule has 3 N–H and O–H groups in total. The highest BCUT2D eigenvalue weighted by molar-refractivity contribution is 5.78. The molecule has 0 saturated carbocycles. The zero-order valence-corrected chi connectivity index (χ0v) is 11.0. The smallest absolute Gasteiger partial charge is 0.169 e. The molecule has 0 saturated heterocycles. The van der Waals surface area contributed by atoms with Crippen LogP contribution < -0.4 is 11.3 Å². The summed E-state index contributed by atoms with van der Waals surface area (Å²) in [5, 5.41) is 0.763. The number of rotatable bonds is 3. The highest BCUT2D eigenvalue weighted by atomic mass is 19.1. The van der Waals surface area contributed by atoms with Crippen LogP contribution in [0.4, 0.5) is 4.39 Å². The van der Waals surface area contributed by atoms with Crippen LogP contribution in [-0.2, 0) is 0 Å². The number of hydrazine groups is 1. The lowest BCUT2D eigenvalue weighted by atomic mass is 9.87. The van der Waals surface area contributed by atoms with Crippen molar-refractivity contribution >= 4 is 11.0 Å². The lowest BCUT2D eigenvalue weighted by molar-refractivity contribution is 0.288. The van der Waals surface area contributed by atoms with Crippen molar-refractivity contribution in [3.63, 3.8) is 0 Å². The summed E-state index contributed by atoms with van der Waals surface area (Å²) >= 11 is 0. The lowest BCUT2D eigenvalue weighted by Gasteiger charge is -2.23. The van der Waals surface area contributed by atoms with Crippen LogP contribution in [-0.4, -0.2) is 0 Å². The zero-order chi connectivity index (χ0) is 13.3. The summed E-state index contributed by atoms with van der Waals surface area (Å²) in [6, 6.07) is 6.62. The molecule has 1 aromatic heterocycles. The zero-order valence-electron chi connectivity index (χ0n) is 11.0. The van der Waals surface area contributed by atoms with Gasteiger partial charge in [0.15, 0.2) is 11.4 Å². The first-order valence-corrected chi connectivity index (χ1v) is 6.05. The Balaban J connectivity index is 2.37. The fourth-order valence-electron chi connectivity index (χ4n) is 2.07. The van der Waals surface area contributed by atoms with Crippen LogP contribution in [0.2, 0.25) is 0 Å². The minimum absolute atomic E-state index is 0.106. The molecule has 1 aromatic carbocycles. The second kappa shape index (κ2) is 4.71. The van der Waals surface area contributed by atoms with Gasteiger partial charge in [-0.15, -0.1) is 0 Å². The molecule has 98 valence electrons. The monoisotopic (exact) mass is 250 g/mol. The maximum absolute atomic E-state index is 13.6. The topological polar surface area (TPSA) is 51.2 Å². The molecule has 2 aromatic rings. The number of nitrogens with two attached hydrogens (primary N) is 1. The molecule has 0 aliphatic heterocycles. The number of para-hydroxylation sites is 1. The van der Waals surface area contributed by atoms with E-state index < -0.39 is 0 Å². The first-order valence-electron chi connectivity index (χ1n) is 6.05. The van der Waals surface area contributed by atoms with Gasteiger partial charge in [-0.1, -0.05) is 32.9 Å².